The largest absolute Gasteiger partial charge is 1.00 e. The van der Waals surface area contributed by atoms with E-state index in [0.29, 0.717) is 0 Å². The van der Waals surface area contributed by atoms with Gasteiger partial charge in [0.25, 0.3) is 0 Å². The Morgan fingerprint density at radius 3 is 2.00 bits per heavy atom. The van der Waals surface area contributed by atoms with Crippen molar-refractivity contribution >= 4 is 0 Å². The monoisotopic (exact) mass is 142 g/mol. The Balaban J connectivity index is 0.000001000. The molecule has 0 aliphatic carbocycles. The molecule has 0 unspecified atom stereocenters. The molecule has 11 heavy (non-hydrogen) atoms. The van der Waals surface area contributed by atoms with E-state index in [1.54, 1.807) is 7.11 Å². The van der Waals surface area contributed by atoms with E-state index in [1.807, 2.05) is 26.0 Å². The van der Waals surface area contributed by atoms with E-state index in [1.165, 1.54) is 0 Å². The molecule has 1 aromatic carbocycles. The summed E-state index contributed by atoms with van der Waals surface area (Å²) in [7, 11) is 1.67. The molecule has 54 valence electrons. The quantitative estimate of drug-likeness (QED) is 0.365. The van der Waals surface area contributed by atoms with Crippen LogP contribution in [0.2, 0.25) is 0 Å². The zero-order valence-corrected chi connectivity index (χ0v) is 7.56. The van der Waals surface area contributed by atoms with E-state index in [-0.39, 0.29) is 18.9 Å². The van der Waals surface area contributed by atoms with Crippen molar-refractivity contribution in [3.63, 3.8) is 0 Å². The van der Waals surface area contributed by atoms with Gasteiger partial charge in [-0.2, -0.15) is 17.2 Å². The Labute approximate surface area is 79.9 Å². The summed E-state index contributed by atoms with van der Waals surface area (Å²) in [6.07, 6.45) is 0. The second-order valence-electron chi connectivity index (χ2n) is 2.39. The number of hydrogen-bond donors (Lipinski definition) is 0. The van der Waals surface area contributed by atoms with Crippen LogP contribution in [-0.4, -0.2) is 7.11 Å². The smallest absolute Gasteiger partial charge is 0.522 e. The van der Waals surface area contributed by atoms with Gasteiger partial charge in [0.1, 0.15) is 0 Å². The van der Waals surface area contributed by atoms with Gasteiger partial charge in [-0.1, -0.05) is 13.8 Å². The molecule has 1 aromatic rings. The molecule has 0 aliphatic heterocycles. The van der Waals surface area contributed by atoms with Gasteiger partial charge in [-0.3, -0.25) is 0 Å². The third kappa shape index (κ3) is 3.01. The number of hydrogen-bond acceptors (Lipinski definition) is 1. The van der Waals surface area contributed by atoms with Gasteiger partial charge in [0, 0.05) is 5.75 Å². The van der Waals surface area contributed by atoms with Crippen molar-refractivity contribution in [3.05, 3.63) is 29.3 Å². The van der Waals surface area contributed by atoms with E-state index in [0.717, 1.165) is 16.9 Å². The normalized spacial score (nSPS) is 8.64. The van der Waals surface area contributed by atoms with Gasteiger partial charge in [0.15, 0.2) is 0 Å². The zero-order chi connectivity index (χ0) is 7.56. The third-order valence-corrected chi connectivity index (χ3v) is 1.35. The van der Waals surface area contributed by atoms with Crippen LogP contribution in [0.5, 0.6) is 5.75 Å². The van der Waals surface area contributed by atoms with Gasteiger partial charge < -0.3 is 4.74 Å². The Morgan fingerprint density at radius 1 is 1.18 bits per heavy atom. The average Bonchev–Trinajstić information content (AvgIpc) is 1.85. The molecule has 0 N–H and O–H groups in total. The van der Waals surface area contributed by atoms with Crippen molar-refractivity contribution in [1.29, 1.82) is 0 Å². The van der Waals surface area contributed by atoms with E-state index in [4.69, 9.17) is 4.74 Å². The first-order valence-electron chi connectivity index (χ1n) is 3.27. The summed E-state index contributed by atoms with van der Waals surface area (Å²) in [6, 6.07) is 7.10. The average molecular weight is 142 g/mol. The molecule has 0 aliphatic rings. The fourth-order valence-corrected chi connectivity index (χ4v) is 0.969. The van der Waals surface area contributed by atoms with Crippen LogP contribution in [0, 0.1) is 19.9 Å². The van der Waals surface area contributed by atoms with Crippen molar-refractivity contribution in [1.82, 2.24) is 0 Å². The first-order chi connectivity index (χ1) is 4.72. The van der Waals surface area contributed by atoms with Crippen molar-refractivity contribution in [2.24, 2.45) is 0 Å². The molecule has 0 radical (unpaired) electrons. The van der Waals surface area contributed by atoms with Crippen LogP contribution in [0.15, 0.2) is 12.1 Å². The molecule has 0 amide bonds. The minimum absolute atomic E-state index is 0. The Morgan fingerprint density at radius 2 is 1.64 bits per heavy atom. The molecule has 2 heteroatoms. The molecular weight excluding hydrogens is 131 g/mol. The molecular formula is C9H11LiO. The van der Waals surface area contributed by atoms with Crippen molar-refractivity contribution in [2.75, 3.05) is 7.11 Å². The number of aryl methyl sites for hydroxylation is 2. The summed E-state index contributed by atoms with van der Waals surface area (Å²) in [5, 5.41) is 0. The van der Waals surface area contributed by atoms with Crippen LogP contribution in [-0.2, 0) is 0 Å². The molecule has 0 fully saturated rings. The Kier molecular flexibility index (Phi) is 4.33. The summed E-state index contributed by atoms with van der Waals surface area (Å²) in [6.45, 7) is 4.02. The third-order valence-electron chi connectivity index (χ3n) is 1.35. The maximum absolute atomic E-state index is 5.06. The fourth-order valence-electron chi connectivity index (χ4n) is 0.969. The SMILES string of the molecule is COc1cc(C)[c-]c(C)c1.[Li+]. The molecule has 0 bridgehead atoms. The van der Waals surface area contributed by atoms with Crippen LogP contribution in [0.3, 0.4) is 0 Å². The molecule has 1 nitrogen and oxygen atoms in total. The zero-order valence-electron chi connectivity index (χ0n) is 7.56. The second-order valence-corrected chi connectivity index (χ2v) is 2.39. The number of rotatable bonds is 1. The number of methoxy groups -OCH3 is 1. The number of ether oxygens (including phenoxy) is 1. The van der Waals surface area contributed by atoms with Crippen molar-refractivity contribution in [3.8, 4) is 5.75 Å². The standard InChI is InChI=1S/C9H11O.Li/c1-7-4-8(2)6-9(5-7)10-3;/h5-6H,1-3H3;/q-1;+1. The summed E-state index contributed by atoms with van der Waals surface area (Å²) >= 11 is 0. The van der Waals surface area contributed by atoms with Crippen LogP contribution in [0.1, 0.15) is 11.1 Å². The maximum atomic E-state index is 5.06. The second kappa shape index (κ2) is 4.49. The minimum Gasteiger partial charge on any atom is -0.522 e. The Bertz CT molecular complexity index is 213. The van der Waals surface area contributed by atoms with Crippen LogP contribution in [0.25, 0.3) is 0 Å². The molecule has 0 saturated carbocycles. The van der Waals surface area contributed by atoms with Gasteiger partial charge in [-0.05, 0) is 0 Å². The first kappa shape index (κ1) is 10.6. The topological polar surface area (TPSA) is 9.23 Å². The van der Waals surface area contributed by atoms with E-state index < -0.39 is 0 Å². The Hall–Kier alpha value is -0.383. The van der Waals surface area contributed by atoms with E-state index in [2.05, 4.69) is 6.07 Å². The summed E-state index contributed by atoms with van der Waals surface area (Å²) < 4.78 is 5.06. The van der Waals surface area contributed by atoms with Crippen LogP contribution < -0.4 is 23.6 Å². The van der Waals surface area contributed by atoms with Crippen molar-refractivity contribution in [2.45, 2.75) is 13.8 Å². The van der Waals surface area contributed by atoms with Crippen molar-refractivity contribution < 1.29 is 23.6 Å². The predicted molar refractivity (Wildman–Crippen MR) is 41.3 cm³/mol. The predicted octanol–water partition coefficient (Wildman–Crippen LogP) is -0.884. The fraction of sp³-hybridized carbons (Fsp3) is 0.333. The van der Waals surface area contributed by atoms with Gasteiger partial charge in [0.2, 0.25) is 0 Å². The molecule has 0 saturated heterocycles. The maximum Gasteiger partial charge on any atom is 1.00 e. The molecule has 1 rings (SSSR count). The minimum atomic E-state index is 0. The molecule has 0 heterocycles. The molecule has 0 atom stereocenters. The van der Waals surface area contributed by atoms with Gasteiger partial charge in [-0.25, -0.2) is 0 Å². The summed E-state index contributed by atoms with van der Waals surface area (Å²) in [4.78, 5) is 0. The van der Waals surface area contributed by atoms with Gasteiger partial charge in [-0.15, -0.1) is 12.1 Å². The van der Waals surface area contributed by atoms with E-state index >= 15 is 0 Å². The first-order valence-corrected chi connectivity index (χ1v) is 3.27. The number of benzene rings is 1. The van der Waals surface area contributed by atoms with Gasteiger partial charge >= 0.3 is 18.9 Å². The van der Waals surface area contributed by atoms with Gasteiger partial charge in [0.05, 0.1) is 7.11 Å². The summed E-state index contributed by atoms with van der Waals surface area (Å²) in [5.41, 5.74) is 2.24. The summed E-state index contributed by atoms with van der Waals surface area (Å²) in [5.74, 6) is 0.911. The van der Waals surface area contributed by atoms with Crippen LogP contribution in [0.4, 0.5) is 0 Å². The molecule has 0 aromatic heterocycles. The molecule has 0 spiro atoms. The van der Waals surface area contributed by atoms with Crippen LogP contribution >= 0.6 is 0 Å². The van der Waals surface area contributed by atoms with E-state index in [9.17, 15) is 0 Å².